The van der Waals surface area contributed by atoms with Gasteiger partial charge in [0.05, 0.1) is 13.2 Å². The van der Waals surface area contributed by atoms with E-state index in [1.165, 1.54) is 0 Å². The average molecular weight is 544 g/mol. The second-order valence-electron chi connectivity index (χ2n) is 7.61. The number of nitrogens with one attached hydrogen (secondary N) is 2. The first-order valence-corrected chi connectivity index (χ1v) is 10.5. The maximum Gasteiger partial charge on any atom is 0.196 e. The molecule has 10 heteroatoms. The Morgan fingerprint density at radius 1 is 1.26 bits per heavy atom. The summed E-state index contributed by atoms with van der Waals surface area (Å²) in [5.41, 5.74) is 0.875. The summed E-state index contributed by atoms with van der Waals surface area (Å²) in [7, 11) is 1.90. The molecule has 0 saturated heterocycles. The molecule has 1 aliphatic rings. The van der Waals surface area contributed by atoms with Gasteiger partial charge >= 0.3 is 0 Å². The summed E-state index contributed by atoms with van der Waals surface area (Å²) in [4.78, 5) is 4.66. The summed E-state index contributed by atoms with van der Waals surface area (Å²) in [6, 6.07) is 5.81. The third-order valence-electron chi connectivity index (χ3n) is 4.40. The maximum atomic E-state index is 5.79. The Bertz CT molecular complexity index is 827. The monoisotopic (exact) mass is 544 g/mol. The van der Waals surface area contributed by atoms with E-state index in [1.54, 1.807) is 6.33 Å². The van der Waals surface area contributed by atoms with E-state index in [2.05, 4.69) is 39.7 Å². The van der Waals surface area contributed by atoms with Crippen LogP contribution in [-0.4, -0.2) is 53.7 Å². The number of anilines is 1. The van der Waals surface area contributed by atoms with Crippen LogP contribution in [0, 0.1) is 5.92 Å². The van der Waals surface area contributed by atoms with Gasteiger partial charge in [0.15, 0.2) is 23.3 Å². The predicted octanol–water partition coefficient (Wildman–Crippen LogP) is 3.21. The molecule has 2 aromatic rings. The lowest BCUT2D eigenvalue weighted by Gasteiger charge is -2.15. The normalized spacial score (nSPS) is 13.5. The second kappa shape index (κ2) is 13.4. The maximum absolute atomic E-state index is 5.79. The van der Waals surface area contributed by atoms with E-state index in [0.29, 0.717) is 38.2 Å². The summed E-state index contributed by atoms with van der Waals surface area (Å²) in [5.74, 6) is 3.51. The minimum Gasteiger partial charge on any atom is -0.490 e. The molecule has 0 amide bonds. The van der Waals surface area contributed by atoms with Crippen LogP contribution in [0.1, 0.15) is 32.5 Å². The Balaban J connectivity index is 0.00000341. The van der Waals surface area contributed by atoms with Crippen LogP contribution in [0.5, 0.6) is 11.5 Å². The number of hydrogen-bond donors (Lipinski definition) is 2. The summed E-state index contributed by atoms with van der Waals surface area (Å²) < 4.78 is 19.0. The molecule has 1 aromatic carbocycles. The van der Waals surface area contributed by atoms with Gasteiger partial charge in [-0.05, 0) is 24.5 Å². The van der Waals surface area contributed by atoms with E-state index >= 15 is 0 Å². The number of aryl methyl sites for hydroxylation is 1. The van der Waals surface area contributed by atoms with Crippen LogP contribution in [0.4, 0.5) is 5.69 Å². The molecule has 1 aliphatic heterocycles. The molecule has 31 heavy (non-hydrogen) atoms. The van der Waals surface area contributed by atoms with Gasteiger partial charge in [0.2, 0.25) is 0 Å². The number of ether oxygens (including phenoxy) is 3. The zero-order valence-electron chi connectivity index (χ0n) is 18.5. The molecule has 3 rings (SSSR count). The molecule has 0 radical (unpaired) electrons. The molecule has 172 valence electrons. The number of halogens is 1. The van der Waals surface area contributed by atoms with Crippen molar-refractivity contribution in [3.63, 3.8) is 0 Å². The van der Waals surface area contributed by atoms with Crippen molar-refractivity contribution in [1.29, 1.82) is 0 Å². The average Bonchev–Trinajstić information content (AvgIpc) is 2.99. The van der Waals surface area contributed by atoms with Crippen molar-refractivity contribution < 1.29 is 14.2 Å². The lowest BCUT2D eigenvalue weighted by atomic mass is 10.2. The van der Waals surface area contributed by atoms with Gasteiger partial charge < -0.3 is 29.4 Å². The summed E-state index contributed by atoms with van der Waals surface area (Å²) >= 11 is 0. The molecule has 2 heterocycles. The van der Waals surface area contributed by atoms with Crippen molar-refractivity contribution in [3.05, 3.63) is 30.4 Å². The van der Waals surface area contributed by atoms with Gasteiger partial charge in [-0.3, -0.25) is 0 Å². The summed E-state index contributed by atoms with van der Waals surface area (Å²) in [5, 5.41) is 14.7. The van der Waals surface area contributed by atoms with Crippen molar-refractivity contribution in [3.8, 4) is 11.5 Å². The zero-order valence-corrected chi connectivity index (χ0v) is 20.8. The molecular weight excluding hydrogens is 511 g/mol. The van der Waals surface area contributed by atoms with Crippen molar-refractivity contribution in [2.75, 3.05) is 38.3 Å². The SMILES string of the molecule is CC(C)COCCCNC(=NCc1nncn1C)Nc1ccc2c(c1)OCCCO2.I. The van der Waals surface area contributed by atoms with Gasteiger partial charge in [-0.25, -0.2) is 4.99 Å². The van der Waals surface area contributed by atoms with Crippen LogP contribution in [0.15, 0.2) is 29.5 Å². The highest BCUT2D eigenvalue weighted by atomic mass is 127. The number of fused-ring (bicyclic) bond motifs is 1. The van der Waals surface area contributed by atoms with Gasteiger partial charge in [0.25, 0.3) is 0 Å². The highest BCUT2D eigenvalue weighted by Gasteiger charge is 2.11. The lowest BCUT2D eigenvalue weighted by Crippen LogP contribution is -2.32. The quantitative estimate of drug-likeness (QED) is 0.217. The number of aliphatic imine (C=N–C) groups is 1. The van der Waals surface area contributed by atoms with Crippen molar-refractivity contribution in [2.24, 2.45) is 18.0 Å². The molecule has 9 nitrogen and oxygen atoms in total. The van der Waals surface area contributed by atoms with E-state index in [-0.39, 0.29) is 24.0 Å². The van der Waals surface area contributed by atoms with Gasteiger partial charge in [0.1, 0.15) is 12.9 Å². The first kappa shape index (κ1) is 25.2. The Morgan fingerprint density at radius 2 is 2.06 bits per heavy atom. The lowest BCUT2D eigenvalue weighted by molar-refractivity contribution is 0.108. The highest BCUT2D eigenvalue weighted by Crippen LogP contribution is 2.32. The first-order valence-electron chi connectivity index (χ1n) is 10.5. The number of aromatic nitrogens is 3. The number of guanidine groups is 1. The minimum absolute atomic E-state index is 0. The first-order chi connectivity index (χ1) is 14.6. The van der Waals surface area contributed by atoms with Crippen molar-refractivity contribution in [1.82, 2.24) is 20.1 Å². The van der Waals surface area contributed by atoms with Crippen LogP contribution in [0.25, 0.3) is 0 Å². The Morgan fingerprint density at radius 3 is 2.81 bits per heavy atom. The third-order valence-corrected chi connectivity index (χ3v) is 4.40. The number of benzene rings is 1. The Labute approximate surface area is 201 Å². The molecule has 0 atom stereocenters. The van der Waals surface area contributed by atoms with Crippen LogP contribution in [0.3, 0.4) is 0 Å². The summed E-state index contributed by atoms with van der Waals surface area (Å²) in [6.45, 7) is 8.27. The molecule has 0 spiro atoms. The van der Waals surface area contributed by atoms with Gasteiger partial charge in [-0.2, -0.15) is 0 Å². The number of nitrogens with zero attached hydrogens (tertiary/aromatic N) is 4. The third kappa shape index (κ3) is 8.52. The van der Waals surface area contributed by atoms with E-state index in [0.717, 1.165) is 49.0 Å². The van der Waals surface area contributed by atoms with Gasteiger partial charge in [-0.15, -0.1) is 34.2 Å². The van der Waals surface area contributed by atoms with Crippen LogP contribution < -0.4 is 20.1 Å². The van der Waals surface area contributed by atoms with E-state index < -0.39 is 0 Å². The summed E-state index contributed by atoms with van der Waals surface area (Å²) in [6.07, 6.45) is 3.43. The minimum atomic E-state index is 0. The molecule has 0 bridgehead atoms. The van der Waals surface area contributed by atoms with Gasteiger partial charge in [0, 0.05) is 45.0 Å². The smallest absolute Gasteiger partial charge is 0.196 e. The van der Waals surface area contributed by atoms with Crippen LogP contribution in [0.2, 0.25) is 0 Å². The molecule has 0 saturated carbocycles. The standard InChI is InChI=1S/C21H32N6O3.HI/c1-16(2)14-28-9-4-8-22-21(23-13-20-26-24-15-27(20)3)25-17-6-7-18-19(12-17)30-11-5-10-29-18;/h6-7,12,15-16H,4-5,8-11,13-14H2,1-3H3,(H2,22,23,25);1H. The molecule has 1 aromatic heterocycles. The highest BCUT2D eigenvalue weighted by molar-refractivity contribution is 14.0. The van der Waals surface area contributed by atoms with Crippen LogP contribution >= 0.6 is 24.0 Å². The van der Waals surface area contributed by atoms with E-state index in [9.17, 15) is 0 Å². The Kier molecular flexibility index (Phi) is 10.9. The Hall–Kier alpha value is -2.08. The molecule has 2 N–H and O–H groups in total. The molecular formula is C21H33IN6O3. The largest absolute Gasteiger partial charge is 0.490 e. The molecule has 0 fully saturated rings. The fourth-order valence-electron chi connectivity index (χ4n) is 2.82. The topological polar surface area (TPSA) is 94.8 Å². The predicted molar refractivity (Wildman–Crippen MR) is 132 cm³/mol. The van der Waals surface area contributed by atoms with Crippen molar-refractivity contribution >= 4 is 35.6 Å². The van der Waals surface area contributed by atoms with Crippen molar-refractivity contribution in [2.45, 2.75) is 33.2 Å². The fourth-order valence-corrected chi connectivity index (χ4v) is 2.82. The fraction of sp³-hybridized carbons (Fsp3) is 0.571. The van der Waals surface area contributed by atoms with Crippen LogP contribution in [-0.2, 0) is 18.3 Å². The van der Waals surface area contributed by atoms with E-state index in [4.69, 9.17) is 14.2 Å². The molecule has 0 aliphatic carbocycles. The molecule has 0 unspecified atom stereocenters. The number of hydrogen-bond acceptors (Lipinski definition) is 6. The zero-order chi connectivity index (χ0) is 21.2. The number of rotatable bonds is 9. The van der Waals surface area contributed by atoms with Gasteiger partial charge in [-0.1, -0.05) is 13.8 Å². The second-order valence-corrected chi connectivity index (χ2v) is 7.61. The van der Waals surface area contributed by atoms with E-state index in [1.807, 2.05) is 29.8 Å².